The molecule has 3 aromatic rings. The molecule has 1 atom stereocenters. The zero-order valence-corrected chi connectivity index (χ0v) is 18.8. The molecule has 0 fully saturated rings. The van der Waals surface area contributed by atoms with E-state index in [9.17, 15) is 31.1 Å². The lowest BCUT2D eigenvalue weighted by molar-refractivity contribution is -0.150. The Balaban J connectivity index is 1.70. The van der Waals surface area contributed by atoms with Crippen molar-refractivity contribution in [3.05, 3.63) is 65.4 Å². The molecule has 0 aliphatic heterocycles. The number of para-hydroxylation sites is 1. The Kier molecular flexibility index (Phi) is 8.28. The van der Waals surface area contributed by atoms with Gasteiger partial charge in [0.15, 0.2) is 6.10 Å². The number of hydrogen-bond acceptors (Lipinski definition) is 5. The number of alkyl halides is 6. The SMILES string of the molecule is CCOC(Cc1ccc(OCCOc2cc(C(F)(F)F)nc3c(C(F)(F)F)cccc23)cc1)C(=O)O. The molecule has 1 aromatic heterocycles. The van der Waals surface area contributed by atoms with Gasteiger partial charge in [-0.1, -0.05) is 18.2 Å². The maximum atomic E-state index is 13.3. The number of fused-ring (bicyclic) bond motifs is 1. The molecule has 0 spiro atoms. The molecule has 1 unspecified atom stereocenters. The summed E-state index contributed by atoms with van der Waals surface area (Å²) in [6.07, 6.45) is -10.7. The number of carboxylic acid groups (broad SMARTS) is 1. The number of ether oxygens (including phenoxy) is 3. The molecule has 3 rings (SSSR count). The molecule has 0 bridgehead atoms. The molecule has 0 saturated heterocycles. The van der Waals surface area contributed by atoms with Crippen LogP contribution >= 0.6 is 0 Å². The van der Waals surface area contributed by atoms with E-state index in [2.05, 4.69) is 4.98 Å². The van der Waals surface area contributed by atoms with Gasteiger partial charge in [0, 0.05) is 24.5 Å². The first-order valence-corrected chi connectivity index (χ1v) is 10.7. The van der Waals surface area contributed by atoms with Crippen LogP contribution < -0.4 is 9.47 Å². The number of nitrogens with zero attached hydrogens (tertiary/aromatic N) is 1. The topological polar surface area (TPSA) is 77.9 Å². The predicted molar refractivity (Wildman–Crippen MR) is 116 cm³/mol. The molecular weight excluding hydrogens is 496 g/mol. The van der Waals surface area contributed by atoms with Gasteiger partial charge < -0.3 is 19.3 Å². The molecule has 0 radical (unpaired) electrons. The first-order valence-electron chi connectivity index (χ1n) is 10.7. The molecule has 36 heavy (non-hydrogen) atoms. The van der Waals surface area contributed by atoms with Crippen molar-refractivity contribution < 1.29 is 50.5 Å². The normalized spacial score (nSPS) is 13.0. The van der Waals surface area contributed by atoms with Crippen LogP contribution in [0.4, 0.5) is 26.3 Å². The van der Waals surface area contributed by atoms with Crippen molar-refractivity contribution >= 4 is 16.9 Å². The van der Waals surface area contributed by atoms with Crippen LogP contribution in [0, 0.1) is 0 Å². The second-order valence-corrected chi connectivity index (χ2v) is 7.53. The number of carboxylic acids is 1. The lowest BCUT2D eigenvalue weighted by Gasteiger charge is -2.16. The highest BCUT2D eigenvalue weighted by molar-refractivity contribution is 5.88. The average Bonchev–Trinajstić information content (AvgIpc) is 2.80. The molecule has 6 nitrogen and oxygen atoms in total. The minimum absolute atomic E-state index is 0.125. The molecule has 0 aliphatic rings. The molecule has 2 aromatic carbocycles. The number of rotatable bonds is 10. The van der Waals surface area contributed by atoms with E-state index in [1.54, 1.807) is 31.2 Å². The maximum Gasteiger partial charge on any atom is 0.433 e. The van der Waals surface area contributed by atoms with Crippen molar-refractivity contribution in [3.8, 4) is 11.5 Å². The molecule has 0 aliphatic carbocycles. The summed E-state index contributed by atoms with van der Waals surface area (Å²) in [7, 11) is 0. The number of aliphatic carboxylic acids is 1. The largest absolute Gasteiger partial charge is 0.490 e. The standard InChI is InChI=1S/C24H21F6NO5/c1-2-34-19(22(32)33)12-14-6-8-15(9-7-14)35-10-11-36-18-13-20(24(28,29)30)31-21-16(18)4-3-5-17(21)23(25,26)27/h3-9,13,19H,2,10-12H2,1H3,(H,32,33). The molecule has 0 amide bonds. The highest BCUT2D eigenvalue weighted by Crippen LogP contribution is 2.39. The summed E-state index contributed by atoms with van der Waals surface area (Å²) in [4.78, 5) is 14.4. The Morgan fingerprint density at radius 1 is 0.972 bits per heavy atom. The van der Waals surface area contributed by atoms with Gasteiger partial charge in [0.2, 0.25) is 0 Å². The minimum Gasteiger partial charge on any atom is -0.490 e. The van der Waals surface area contributed by atoms with Gasteiger partial charge in [-0.05, 0) is 36.8 Å². The molecule has 12 heteroatoms. The van der Waals surface area contributed by atoms with Gasteiger partial charge in [0.25, 0.3) is 0 Å². The van der Waals surface area contributed by atoms with Crippen molar-refractivity contribution in [1.82, 2.24) is 4.98 Å². The Hall–Kier alpha value is -3.54. The molecule has 1 heterocycles. The Morgan fingerprint density at radius 3 is 2.22 bits per heavy atom. The van der Waals surface area contributed by atoms with Crippen molar-refractivity contribution in [3.63, 3.8) is 0 Å². The van der Waals surface area contributed by atoms with E-state index in [1.165, 1.54) is 6.07 Å². The van der Waals surface area contributed by atoms with E-state index in [4.69, 9.17) is 19.3 Å². The zero-order chi connectivity index (χ0) is 26.5. The van der Waals surface area contributed by atoms with Gasteiger partial charge >= 0.3 is 18.3 Å². The van der Waals surface area contributed by atoms with Crippen molar-refractivity contribution in [2.45, 2.75) is 31.8 Å². The summed E-state index contributed by atoms with van der Waals surface area (Å²) in [5, 5.41) is 8.94. The van der Waals surface area contributed by atoms with E-state index in [-0.39, 0.29) is 31.6 Å². The van der Waals surface area contributed by atoms with E-state index < -0.39 is 46.9 Å². The second kappa shape index (κ2) is 11.0. The van der Waals surface area contributed by atoms with E-state index in [1.807, 2.05) is 0 Å². The average molecular weight is 517 g/mol. The summed E-state index contributed by atoms with van der Waals surface area (Å²) < 4.78 is 95.8. The summed E-state index contributed by atoms with van der Waals surface area (Å²) in [6, 6.07) is 9.86. The number of hydrogen-bond donors (Lipinski definition) is 1. The van der Waals surface area contributed by atoms with Crippen LogP contribution in [0.3, 0.4) is 0 Å². The summed E-state index contributed by atoms with van der Waals surface area (Å²) >= 11 is 0. The number of benzene rings is 2. The summed E-state index contributed by atoms with van der Waals surface area (Å²) in [5.41, 5.74) is -2.99. The molecule has 0 saturated carbocycles. The third-order valence-electron chi connectivity index (χ3n) is 4.99. The van der Waals surface area contributed by atoms with Crippen molar-refractivity contribution in [2.24, 2.45) is 0 Å². The van der Waals surface area contributed by atoms with Gasteiger partial charge in [-0.25, -0.2) is 9.78 Å². The van der Waals surface area contributed by atoms with Gasteiger partial charge in [0.05, 0.1) is 11.1 Å². The lowest BCUT2D eigenvalue weighted by atomic mass is 10.1. The molecule has 194 valence electrons. The fourth-order valence-corrected chi connectivity index (χ4v) is 3.38. The second-order valence-electron chi connectivity index (χ2n) is 7.53. The molecule has 1 N–H and O–H groups in total. The van der Waals surface area contributed by atoms with Crippen LogP contribution in [0.25, 0.3) is 10.9 Å². The van der Waals surface area contributed by atoms with Gasteiger partial charge in [-0.3, -0.25) is 0 Å². The highest BCUT2D eigenvalue weighted by atomic mass is 19.4. The van der Waals surface area contributed by atoms with Crippen LogP contribution in [0.5, 0.6) is 11.5 Å². The smallest absolute Gasteiger partial charge is 0.433 e. The van der Waals surface area contributed by atoms with Crippen molar-refractivity contribution in [2.75, 3.05) is 19.8 Å². The monoisotopic (exact) mass is 517 g/mol. The number of pyridine rings is 1. The van der Waals surface area contributed by atoms with E-state index in [0.717, 1.165) is 6.07 Å². The fraction of sp³-hybridized carbons (Fsp3) is 0.333. The van der Waals surface area contributed by atoms with Crippen LogP contribution in [0.1, 0.15) is 23.7 Å². The number of aromatic nitrogens is 1. The van der Waals surface area contributed by atoms with Crippen molar-refractivity contribution in [1.29, 1.82) is 0 Å². The minimum atomic E-state index is -4.98. The quantitative estimate of drug-likeness (QED) is 0.272. The summed E-state index contributed by atoms with van der Waals surface area (Å²) in [5.74, 6) is -1.12. The first-order chi connectivity index (χ1) is 16.9. The van der Waals surface area contributed by atoms with Gasteiger partial charge in [-0.15, -0.1) is 0 Å². The Bertz CT molecular complexity index is 1190. The first kappa shape index (κ1) is 27.1. The zero-order valence-electron chi connectivity index (χ0n) is 18.8. The lowest BCUT2D eigenvalue weighted by Crippen LogP contribution is -2.26. The Labute approximate surface area is 201 Å². The fourth-order valence-electron chi connectivity index (χ4n) is 3.38. The number of carbonyl (C=O) groups is 1. The van der Waals surface area contributed by atoms with Crippen LogP contribution in [0.2, 0.25) is 0 Å². The third kappa shape index (κ3) is 6.78. The highest BCUT2D eigenvalue weighted by Gasteiger charge is 2.37. The van der Waals surface area contributed by atoms with Gasteiger partial charge in [-0.2, -0.15) is 26.3 Å². The third-order valence-corrected chi connectivity index (χ3v) is 4.99. The number of halogens is 6. The van der Waals surface area contributed by atoms with Crippen LogP contribution in [-0.4, -0.2) is 42.0 Å². The van der Waals surface area contributed by atoms with Crippen LogP contribution in [0.15, 0.2) is 48.5 Å². The van der Waals surface area contributed by atoms with Gasteiger partial charge in [0.1, 0.15) is 30.4 Å². The summed E-state index contributed by atoms with van der Waals surface area (Å²) in [6.45, 7) is 1.54. The van der Waals surface area contributed by atoms with E-state index in [0.29, 0.717) is 23.4 Å². The predicted octanol–water partition coefficient (Wildman–Crippen LogP) is 5.76. The van der Waals surface area contributed by atoms with Crippen LogP contribution in [-0.2, 0) is 28.3 Å². The van der Waals surface area contributed by atoms with E-state index >= 15 is 0 Å². The molecular formula is C24H21F6NO5. The maximum absolute atomic E-state index is 13.3. The Morgan fingerprint density at radius 2 is 1.64 bits per heavy atom.